The van der Waals surface area contributed by atoms with Gasteiger partial charge in [0, 0.05) is 11.8 Å². The smallest absolute Gasteiger partial charge is 0.181 e. The summed E-state index contributed by atoms with van der Waals surface area (Å²) in [6, 6.07) is 12.2. The molecule has 2 aromatic rings. The van der Waals surface area contributed by atoms with Gasteiger partial charge in [-0.1, -0.05) is 12.1 Å². The van der Waals surface area contributed by atoms with Crippen LogP contribution in [0.3, 0.4) is 0 Å². The lowest BCUT2D eigenvalue weighted by molar-refractivity contribution is 0.107. The number of ether oxygens (including phenoxy) is 2. The second kappa shape index (κ2) is 6.72. The van der Waals surface area contributed by atoms with Crippen LogP contribution >= 0.6 is 0 Å². The van der Waals surface area contributed by atoms with Crippen molar-refractivity contribution in [2.24, 2.45) is 0 Å². The van der Waals surface area contributed by atoms with Crippen molar-refractivity contribution in [2.45, 2.75) is 17.9 Å². The molecule has 0 saturated carbocycles. The minimum absolute atomic E-state index is 0.240. The summed E-state index contributed by atoms with van der Waals surface area (Å²) >= 11 is 0. The van der Waals surface area contributed by atoms with Gasteiger partial charge in [-0.2, -0.15) is 0 Å². The van der Waals surface area contributed by atoms with Gasteiger partial charge in [-0.05, 0) is 55.5 Å². The van der Waals surface area contributed by atoms with Gasteiger partial charge in [0.15, 0.2) is 15.9 Å². The van der Waals surface area contributed by atoms with Gasteiger partial charge in [-0.25, -0.2) is 12.8 Å². The van der Waals surface area contributed by atoms with Crippen LogP contribution in [0, 0.1) is 5.82 Å². The van der Waals surface area contributed by atoms with Crippen LogP contribution in [0.15, 0.2) is 77.1 Å². The average molecular weight is 360 g/mol. The SMILES string of the molecule is CC1=CC=C(Oc2ccc(F)cc2)C(c2ccc(S(C)(=O)=O)cc2)O1. The summed E-state index contributed by atoms with van der Waals surface area (Å²) in [5.41, 5.74) is 0.758. The first-order valence-corrected chi connectivity index (χ1v) is 9.50. The molecule has 6 heteroatoms. The molecule has 1 aliphatic rings. The summed E-state index contributed by atoms with van der Waals surface area (Å²) in [6.45, 7) is 1.82. The Kier molecular flexibility index (Phi) is 4.63. The van der Waals surface area contributed by atoms with Crippen LogP contribution in [0.4, 0.5) is 4.39 Å². The van der Waals surface area contributed by atoms with Crippen molar-refractivity contribution in [3.63, 3.8) is 0 Å². The van der Waals surface area contributed by atoms with Crippen LogP contribution in [0.2, 0.25) is 0 Å². The topological polar surface area (TPSA) is 52.6 Å². The molecule has 0 aliphatic carbocycles. The van der Waals surface area contributed by atoms with Gasteiger partial charge in [-0.3, -0.25) is 0 Å². The van der Waals surface area contributed by atoms with Crippen molar-refractivity contribution >= 4 is 9.84 Å². The molecular weight excluding hydrogens is 343 g/mol. The standard InChI is InChI=1S/C19H17FO4S/c1-13-3-12-18(24-16-8-6-15(20)7-9-16)19(23-13)14-4-10-17(11-5-14)25(2,21)22/h3-12,19H,1-2H3. The number of hydrogen-bond donors (Lipinski definition) is 0. The van der Waals surface area contributed by atoms with Gasteiger partial charge in [0.2, 0.25) is 0 Å². The van der Waals surface area contributed by atoms with E-state index >= 15 is 0 Å². The van der Waals surface area contributed by atoms with Gasteiger partial charge in [0.1, 0.15) is 17.3 Å². The lowest BCUT2D eigenvalue weighted by Gasteiger charge is -2.25. The van der Waals surface area contributed by atoms with E-state index in [1.807, 2.05) is 6.92 Å². The molecule has 0 fully saturated rings. The number of benzene rings is 2. The summed E-state index contributed by atoms with van der Waals surface area (Å²) in [5.74, 6) is 1.39. The minimum atomic E-state index is -3.26. The lowest BCUT2D eigenvalue weighted by atomic mass is 10.1. The Morgan fingerprint density at radius 1 is 1.00 bits per heavy atom. The molecule has 3 rings (SSSR count). The van der Waals surface area contributed by atoms with Gasteiger partial charge in [0.05, 0.1) is 10.7 Å². The molecule has 1 unspecified atom stereocenters. The largest absolute Gasteiger partial charge is 0.482 e. The molecule has 25 heavy (non-hydrogen) atoms. The average Bonchev–Trinajstić information content (AvgIpc) is 2.58. The highest BCUT2D eigenvalue weighted by atomic mass is 32.2. The fourth-order valence-electron chi connectivity index (χ4n) is 2.42. The Labute approximate surface area is 146 Å². The van der Waals surface area contributed by atoms with Crippen molar-refractivity contribution in [3.8, 4) is 5.75 Å². The minimum Gasteiger partial charge on any atom is -0.482 e. The number of allylic oxidation sites excluding steroid dienone is 3. The molecule has 0 saturated heterocycles. The van der Waals surface area contributed by atoms with Crippen LogP contribution in [0.1, 0.15) is 18.6 Å². The van der Waals surface area contributed by atoms with Crippen LogP contribution in [0.25, 0.3) is 0 Å². The zero-order chi connectivity index (χ0) is 18.0. The highest BCUT2D eigenvalue weighted by Crippen LogP contribution is 2.33. The van der Waals surface area contributed by atoms with Crippen molar-refractivity contribution < 1.29 is 22.3 Å². The van der Waals surface area contributed by atoms with E-state index in [0.717, 1.165) is 11.8 Å². The Morgan fingerprint density at radius 3 is 2.24 bits per heavy atom. The summed E-state index contributed by atoms with van der Waals surface area (Å²) in [5, 5.41) is 0. The molecule has 1 heterocycles. The predicted octanol–water partition coefficient (Wildman–Crippen LogP) is 4.17. The molecule has 1 atom stereocenters. The third kappa shape index (κ3) is 4.09. The van der Waals surface area contributed by atoms with Crippen molar-refractivity contribution in [3.05, 3.63) is 83.6 Å². The Morgan fingerprint density at radius 2 is 1.64 bits per heavy atom. The van der Waals surface area contributed by atoms with Crippen LogP contribution < -0.4 is 4.74 Å². The number of sulfone groups is 1. The van der Waals surface area contributed by atoms with E-state index in [0.29, 0.717) is 17.3 Å². The van der Waals surface area contributed by atoms with E-state index in [-0.39, 0.29) is 10.7 Å². The van der Waals surface area contributed by atoms with Gasteiger partial charge in [-0.15, -0.1) is 0 Å². The van der Waals surface area contributed by atoms with E-state index in [2.05, 4.69) is 0 Å². The van der Waals surface area contributed by atoms with E-state index < -0.39 is 15.9 Å². The zero-order valence-corrected chi connectivity index (χ0v) is 14.6. The highest BCUT2D eigenvalue weighted by molar-refractivity contribution is 7.90. The first kappa shape index (κ1) is 17.2. The maximum Gasteiger partial charge on any atom is 0.181 e. The molecule has 1 aliphatic heterocycles. The van der Waals surface area contributed by atoms with E-state index in [1.165, 1.54) is 36.4 Å². The third-order valence-corrected chi connectivity index (χ3v) is 4.83. The maximum atomic E-state index is 13.0. The van der Waals surface area contributed by atoms with E-state index in [9.17, 15) is 12.8 Å². The fourth-order valence-corrected chi connectivity index (χ4v) is 3.05. The first-order valence-electron chi connectivity index (χ1n) is 7.61. The summed E-state index contributed by atoms with van der Waals surface area (Å²) < 4.78 is 47.9. The molecule has 0 N–H and O–H groups in total. The molecule has 0 amide bonds. The van der Waals surface area contributed by atoms with Crippen LogP contribution in [-0.4, -0.2) is 14.7 Å². The molecule has 130 valence electrons. The number of rotatable bonds is 4. The van der Waals surface area contributed by atoms with Crippen LogP contribution in [0.5, 0.6) is 5.75 Å². The van der Waals surface area contributed by atoms with Crippen LogP contribution in [-0.2, 0) is 14.6 Å². The quantitative estimate of drug-likeness (QED) is 0.821. The second-order valence-corrected chi connectivity index (χ2v) is 7.76. The number of halogens is 1. The van der Waals surface area contributed by atoms with Crippen molar-refractivity contribution in [1.29, 1.82) is 0 Å². The fraction of sp³-hybridized carbons (Fsp3) is 0.158. The third-order valence-electron chi connectivity index (χ3n) is 3.70. The normalized spacial score (nSPS) is 17.3. The zero-order valence-electron chi connectivity index (χ0n) is 13.8. The van der Waals surface area contributed by atoms with Gasteiger partial charge >= 0.3 is 0 Å². The van der Waals surface area contributed by atoms with Crippen molar-refractivity contribution in [1.82, 2.24) is 0 Å². The first-order chi connectivity index (χ1) is 11.8. The molecule has 0 aromatic heterocycles. The predicted molar refractivity (Wildman–Crippen MR) is 92.2 cm³/mol. The monoisotopic (exact) mass is 360 g/mol. The molecule has 0 radical (unpaired) electrons. The van der Waals surface area contributed by atoms with E-state index in [1.54, 1.807) is 24.3 Å². The summed E-state index contributed by atoms with van der Waals surface area (Å²) in [7, 11) is -3.26. The summed E-state index contributed by atoms with van der Waals surface area (Å²) in [4.78, 5) is 0.240. The Balaban J connectivity index is 1.89. The van der Waals surface area contributed by atoms with Gasteiger partial charge in [0.25, 0.3) is 0 Å². The van der Waals surface area contributed by atoms with E-state index in [4.69, 9.17) is 9.47 Å². The highest BCUT2D eigenvalue weighted by Gasteiger charge is 2.24. The Hall–Kier alpha value is -2.60. The molecule has 0 bridgehead atoms. The summed E-state index contributed by atoms with van der Waals surface area (Å²) in [6.07, 6.45) is 4.22. The van der Waals surface area contributed by atoms with Gasteiger partial charge < -0.3 is 9.47 Å². The second-order valence-electron chi connectivity index (χ2n) is 5.74. The Bertz CT molecular complexity index is 926. The lowest BCUT2D eigenvalue weighted by Crippen LogP contribution is -2.14. The van der Waals surface area contributed by atoms with Crippen molar-refractivity contribution in [2.75, 3.05) is 6.26 Å². The molecular formula is C19H17FO4S. The molecule has 0 spiro atoms. The maximum absolute atomic E-state index is 13.0. The molecule has 4 nitrogen and oxygen atoms in total. The molecule has 2 aromatic carbocycles. The number of hydrogen-bond acceptors (Lipinski definition) is 4.